The first-order valence-electron chi connectivity index (χ1n) is 7.36. The van der Waals surface area contributed by atoms with Gasteiger partial charge in [0, 0.05) is 0 Å². The lowest BCUT2D eigenvalue weighted by atomic mass is 9.79. The highest BCUT2D eigenvalue weighted by Crippen LogP contribution is 2.37. The highest BCUT2D eigenvalue weighted by Gasteiger charge is 2.52. The van der Waals surface area contributed by atoms with Gasteiger partial charge in [0.15, 0.2) is 11.6 Å². The summed E-state index contributed by atoms with van der Waals surface area (Å²) in [6.45, 7) is 13.7. The molecule has 0 aromatic heterocycles. The molecule has 0 atom stereocenters. The molecule has 3 nitrogen and oxygen atoms in total. The molecule has 0 amide bonds. The van der Waals surface area contributed by atoms with Gasteiger partial charge in [-0.2, -0.15) is 0 Å². The van der Waals surface area contributed by atoms with Gasteiger partial charge >= 0.3 is 7.12 Å². The van der Waals surface area contributed by atoms with Crippen molar-refractivity contribution in [1.82, 2.24) is 0 Å². The molecule has 22 heavy (non-hydrogen) atoms. The Balaban J connectivity index is 2.32. The van der Waals surface area contributed by atoms with E-state index in [-0.39, 0.29) is 10.8 Å². The van der Waals surface area contributed by atoms with Gasteiger partial charge in [-0.15, -0.1) is 0 Å². The van der Waals surface area contributed by atoms with Crippen molar-refractivity contribution in [3.05, 3.63) is 23.0 Å². The fourth-order valence-electron chi connectivity index (χ4n) is 2.10. The van der Waals surface area contributed by atoms with E-state index in [1.165, 1.54) is 6.07 Å². The fraction of sp³-hybridized carbons (Fsp3) is 0.600. The predicted molar refractivity (Wildman–Crippen MR) is 91.1 cm³/mol. The van der Waals surface area contributed by atoms with Crippen LogP contribution in [0.25, 0.3) is 0 Å². The number of hydrogen-bond donors (Lipinski definition) is 0. The molecule has 0 aliphatic carbocycles. The minimum Gasteiger partial charge on any atom is -0.541 e. The molecule has 0 unspecified atom stereocenters. The van der Waals surface area contributed by atoms with Crippen LogP contribution in [-0.2, 0) is 9.31 Å². The summed E-state index contributed by atoms with van der Waals surface area (Å²) in [6, 6.07) is 3.03. The number of rotatable bonds is 3. The Bertz CT molecular complexity index is 548. The average molecular weight is 345 g/mol. The molecule has 122 valence electrons. The lowest BCUT2D eigenvalue weighted by molar-refractivity contribution is 0.00578. The zero-order chi connectivity index (χ0) is 16.9. The van der Waals surface area contributed by atoms with Gasteiger partial charge in [0.25, 0.3) is 0 Å². The van der Waals surface area contributed by atoms with Crippen molar-refractivity contribution < 1.29 is 18.1 Å². The van der Waals surface area contributed by atoms with Gasteiger partial charge in [0.05, 0.1) is 16.2 Å². The van der Waals surface area contributed by atoms with Crippen molar-refractivity contribution in [2.75, 3.05) is 0 Å². The summed E-state index contributed by atoms with van der Waals surface area (Å²) in [5, 5.41) is 0.243. The van der Waals surface area contributed by atoms with Crippen LogP contribution in [0.1, 0.15) is 27.7 Å². The summed E-state index contributed by atoms with van der Waals surface area (Å²) >= 11 is 6.21. The lowest BCUT2D eigenvalue weighted by Gasteiger charge is -2.32. The number of halogens is 2. The van der Waals surface area contributed by atoms with E-state index in [0.717, 1.165) is 0 Å². The van der Waals surface area contributed by atoms with Crippen molar-refractivity contribution in [2.24, 2.45) is 0 Å². The molecular formula is C15H23BClFO3Si. The number of benzene rings is 1. The third-order valence-corrected chi connectivity index (χ3v) is 5.05. The Morgan fingerprint density at radius 3 is 2.00 bits per heavy atom. The highest BCUT2D eigenvalue weighted by molar-refractivity contribution is 6.70. The summed E-state index contributed by atoms with van der Waals surface area (Å²) < 4.78 is 31.9. The third kappa shape index (κ3) is 3.50. The van der Waals surface area contributed by atoms with Gasteiger partial charge in [-0.3, -0.25) is 0 Å². The molecule has 7 heteroatoms. The maximum absolute atomic E-state index is 14.4. The molecule has 1 fully saturated rings. The van der Waals surface area contributed by atoms with Crippen molar-refractivity contribution >= 4 is 32.5 Å². The maximum atomic E-state index is 14.4. The van der Waals surface area contributed by atoms with Crippen LogP contribution in [0.4, 0.5) is 4.39 Å². The zero-order valence-electron chi connectivity index (χ0n) is 14.2. The minimum absolute atomic E-state index is 0.112. The van der Waals surface area contributed by atoms with Gasteiger partial charge in [0.1, 0.15) is 0 Å². The fourth-order valence-corrected chi connectivity index (χ4v) is 3.24. The Kier molecular flexibility index (Phi) is 4.46. The maximum Gasteiger partial charge on any atom is 0.494 e. The summed E-state index contributed by atoms with van der Waals surface area (Å²) in [6.07, 6.45) is 0. The first kappa shape index (κ1) is 17.8. The minimum atomic E-state index is -1.94. The van der Waals surface area contributed by atoms with Crippen LogP contribution in [-0.4, -0.2) is 26.6 Å². The van der Waals surface area contributed by atoms with Gasteiger partial charge in [-0.05, 0) is 64.9 Å². The Morgan fingerprint density at radius 2 is 1.59 bits per heavy atom. The largest absolute Gasteiger partial charge is 0.541 e. The second-order valence-electron chi connectivity index (χ2n) is 7.62. The Labute approximate surface area is 138 Å². The van der Waals surface area contributed by atoms with E-state index in [0.29, 0.717) is 5.46 Å². The van der Waals surface area contributed by atoms with E-state index in [1.54, 1.807) is 6.07 Å². The highest BCUT2D eigenvalue weighted by atomic mass is 35.5. The normalized spacial score (nSPS) is 20.3. The predicted octanol–water partition coefficient (Wildman–Crippen LogP) is 3.99. The molecule has 1 heterocycles. The zero-order valence-corrected chi connectivity index (χ0v) is 16.0. The second kappa shape index (κ2) is 5.51. The van der Waals surface area contributed by atoms with Crippen LogP contribution >= 0.6 is 11.6 Å². The standard InChI is InChI=1S/C15H23BClFO3Si/c1-14(2)15(3,4)21-16(20-14)10-8-11(17)13(12(18)9-10)19-22(5,6)7/h8-9H,1-7H3. The van der Waals surface area contributed by atoms with Crippen molar-refractivity contribution in [1.29, 1.82) is 0 Å². The van der Waals surface area contributed by atoms with Crippen LogP contribution < -0.4 is 9.89 Å². The molecule has 0 radical (unpaired) electrons. The van der Waals surface area contributed by atoms with Gasteiger partial charge in [-0.1, -0.05) is 11.6 Å². The molecule has 1 aromatic rings. The third-order valence-electron chi connectivity index (χ3n) is 3.95. The van der Waals surface area contributed by atoms with Crippen molar-refractivity contribution in [2.45, 2.75) is 58.5 Å². The average Bonchev–Trinajstić information content (AvgIpc) is 2.52. The molecular weight excluding hydrogens is 322 g/mol. The molecule has 1 aliphatic rings. The van der Waals surface area contributed by atoms with E-state index in [1.807, 2.05) is 47.3 Å². The smallest absolute Gasteiger partial charge is 0.494 e. The second-order valence-corrected chi connectivity index (χ2v) is 12.5. The molecule has 0 spiro atoms. The van der Waals surface area contributed by atoms with E-state index >= 15 is 0 Å². The SMILES string of the molecule is CC1(C)OB(c2cc(F)c(O[Si](C)(C)C)c(Cl)c2)OC1(C)C. The van der Waals surface area contributed by atoms with Crippen molar-refractivity contribution in [3.63, 3.8) is 0 Å². The van der Waals surface area contributed by atoms with E-state index in [9.17, 15) is 4.39 Å². The monoisotopic (exact) mass is 344 g/mol. The van der Waals surface area contributed by atoms with Crippen LogP contribution in [0.3, 0.4) is 0 Å². The molecule has 2 rings (SSSR count). The Hall–Kier alpha value is -0.558. The molecule has 1 aliphatic heterocycles. The van der Waals surface area contributed by atoms with E-state index in [2.05, 4.69) is 0 Å². The first-order valence-corrected chi connectivity index (χ1v) is 11.1. The van der Waals surface area contributed by atoms with Crippen LogP contribution in [0.15, 0.2) is 12.1 Å². The van der Waals surface area contributed by atoms with E-state index < -0.39 is 32.5 Å². The summed E-state index contributed by atoms with van der Waals surface area (Å²) in [5.74, 6) is -0.374. The summed E-state index contributed by atoms with van der Waals surface area (Å²) in [7, 11) is -2.58. The summed E-state index contributed by atoms with van der Waals surface area (Å²) in [4.78, 5) is 0. The molecule has 1 saturated heterocycles. The van der Waals surface area contributed by atoms with Crippen LogP contribution in [0.2, 0.25) is 24.7 Å². The quantitative estimate of drug-likeness (QED) is 0.776. The lowest BCUT2D eigenvalue weighted by Crippen LogP contribution is -2.41. The Morgan fingerprint density at radius 1 is 1.09 bits per heavy atom. The number of hydrogen-bond acceptors (Lipinski definition) is 3. The topological polar surface area (TPSA) is 27.7 Å². The van der Waals surface area contributed by atoms with Crippen LogP contribution in [0.5, 0.6) is 5.75 Å². The van der Waals surface area contributed by atoms with Gasteiger partial charge in [-0.25, -0.2) is 4.39 Å². The molecule has 0 saturated carbocycles. The van der Waals surface area contributed by atoms with E-state index in [4.69, 9.17) is 25.3 Å². The molecule has 1 aromatic carbocycles. The van der Waals surface area contributed by atoms with Gasteiger partial charge in [0.2, 0.25) is 8.32 Å². The first-order chi connectivity index (χ1) is 9.82. The van der Waals surface area contributed by atoms with Crippen LogP contribution in [0, 0.1) is 5.82 Å². The van der Waals surface area contributed by atoms with Gasteiger partial charge < -0.3 is 13.7 Å². The molecule has 0 bridgehead atoms. The summed E-state index contributed by atoms with van der Waals surface area (Å²) in [5.41, 5.74) is -0.397. The molecule has 0 N–H and O–H groups in total. The van der Waals surface area contributed by atoms with Crippen molar-refractivity contribution in [3.8, 4) is 5.75 Å².